The Bertz CT molecular complexity index is 1530. The highest BCUT2D eigenvalue weighted by Crippen LogP contribution is 2.36. The highest BCUT2D eigenvalue weighted by molar-refractivity contribution is 6.30. The van der Waals surface area contributed by atoms with Gasteiger partial charge in [0.2, 0.25) is 5.91 Å². The summed E-state index contributed by atoms with van der Waals surface area (Å²) in [4.78, 5) is 11.5. The molecule has 0 unspecified atom stereocenters. The van der Waals surface area contributed by atoms with Crippen molar-refractivity contribution in [2.45, 2.75) is 40.2 Å². The van der Waals surface area contributed by atoms with Crippen LogP contribution < -0.4 is 26.4 Å². The Morgan fingerprint density at radius 2 is 1.88 bits per heavy atom. The average Bonchev–Trinajstić information content (AvgIpc) is 3.54. The van der Waals surface area contributed by atoms with Crippen LogP contribution in [0.4, 0.5) is 11.5 Å². The summed E-state index contributed by atoms with van der Waals surface area (Å²) in [5.41, 5.74) is 13.1. The topological polar surface area (TPSA) is 96.3 Å². The molecule has 2 aliphatic heterocycles. The predicted octanol–water partition coefficient (Wildman–Crippen LogP) is 4.78. The van der Waals surface area contributed by atoms with Crippen LogP contribution in [0, 0.1) is 0 Å². The van der Waals surface area contributed by atoms with Crippen molar-refractivity contribution in [1.29, 1.82) is 0 Å². The van der Waals surface area contributed by atoms with Crippen molar-refractivity contribution in [3.8, 4) is 5.75 Å². The number of benzene rings is 2. The van der Waals surface area contributed by atoms with Crippen molar-refractivity contribution in [2.24, 2.45) is 5.73 Å². The van der Waals surface area contributed by atoms with Gasteiger partial charge in [-0.25, -0.2) is 0 Å². The van der Waals surface area contributed by atoms with Crippen LogP contribution in [-0.2, 0) is 11.3 Å². The number of rotatable bonds is 10. The molecule has 0 atom stereocenters. The third kappa shape index (κ3) is 5.68. The van der Waals surface area contributed by atoms with Crippen LogP contribution in [0.1, 0.15) is 50.4 Å². The van der Waals surface area contributed by atoms with Gasteiger partial charge in [0, 0.05) is 47.4 Å². The number of nitrogens with one attached hydrogen (secondary N) is 3. The summed E-state index contributed by atoms with van der Waals surface area (Å²) < 4.78 is 10.1. The molecule has 5 rings (SSSR count). The van der Waals surface area contributed by atoms with Crippen LogP contribution in [0.15, 0.2) is 90.4 Å². The Balaban J connectivity index is 1.53. The van der Waals surface area contributed by atoms with E-state index in [1.165, 1.54) is 6.92 Å². The minimum atomic E-state index is -0.0943. The molecule has 1 aromatic heterocycles. The van der Waals surface area contributed by atoms with Crippen LogP contribution in [0.3, 0.4) is 0 Å². The van der Waals surface area contributed by atoms with Crippen molar-refractivity contribution in [2.75, 3.05) is 17.2 Å². The molecule has 2 aromatic carbocycles. The van der Waals surface area contributed by atoms with Gasteiger partial charge in [0.1, 0.15) is 23.8 Å². The van der Waals surface area contributed by atoms with E-state index < -0.39 is 0 Å². The number of aromatic nitrogens is 1. The lowest BCUT2D eigenvalue weighted by atomic mass is 9.92. The summed E-state index contributed by atoms with van der Waals surface area (Å²) in [6.45, 7) is 6.85. The van der Waals surface area contributed by atoms with Gasteiger partial charge in [0.05, 0.1) is 6.61 Å². The maximum absolute atomic E-state index is 11.5. The van der Waals surface area contributed by atoms with E-state index in [0.29, 0.717) is 13.2 Å². The van der Waals surface area contributed by atoms with Gasteiger partial charge in [0.25, 0.3) is 5.84 Å². The molecule has 0 fully saturated rings. The average molecular weight is 534 g/mol. The van der Waals surface area contributed by atoms with Gasteiger partial charge in [-0.2, -0.15) is 0 Å². The first-order valence-corrected chi connectivity index (χ1v) is 13.7. The zero-order chi connectivity index (χ0) is 28.1. The van der Waals surface area contributed by atoms with Gasteiger partial charge in [-0.3, -0.25) is 14.6 Å². The summed E-state index contributed by atoms with van der Waals surface area (Å²) in [6, 6.07) is 20.2. The molecule has 1 amide bonds. The smallest absolute Gasteiger partial charge is 0.493 e. The number of nitrogens with two attached hydrogens (primary N) is 1. The van der Waals surface area contributed by atoms with Crippen LogP contribution >= 0.6 is 0 Å². The van der Waals surface area contributed by atoms with E-state index in [1.807, 2.05) is 55.6 Å². The molecule has 5 N–H and O–H groups in total. The summed E-state index contributed by atoms with van der Waals surface area (Å²) in [5, 5.41) is 9.85. The number of hydrogen-bond acceptors (Lipinski definition) is 5. The van der Waals surface area contributed by atoms with Crippen LogP contribution in [-0.4, -0.2) is 34.9 Å². The zero-order valence-electron chi connectivity index (χ0n) is 23.2. The Morgan fingerprint density at radius 1 is 1.07 bits per heavy atom. The molecule has 2 aliphatic rings. The first-order valence-electron chi connectivity index (χ1n) is 13.7. The molecule has 40 heavy (non-hydrogen) atoms. The van der Waals surface area contributed by atoms with Gasteiger partial charge < -0.3 is 25.6 Å². The monoisotopic (exact) mass is 534 g/mol. The molecule has 8 nitrogen and oxygen atoms in total. The lowest BCUT2D eigenvalue weighted by Gasteiger charge is -2.22. The van der Waals surface area contributed by atoms with Crippen LogP contribution in [0.25, 0.3) is 5.57 Å². The fraction of sp³-hybridized carbons (Fsp3) is 0.226. The van der Waals surface area contributed by atoms with Gasteiger partial charge in [0.15, 0.2) is 0 Å². The quantitative estimate of drug-likeness (QED) is 0.281. The summed E-state index contributed by atoms with van der Waals surface area (Å²) in [5.74, 6) is 2.66. The molecule has 1 radical (unpaired) electrons. The van der Waals surface area contributed by atoms with E-state index in [-0.39, 0.29) is 5.91 Å². The number of nitrogens with zero attached hydrogens (tertiary/aromatic N) is 2. The standard InChI is InChI=1S/C31H35BN6O2/c1-4-8-24(33)20-35-30-18-16-27-31(22-11-13-25(14-12-22)36-21(3)39)26-15-17-29(37(26)32-38(27)30)34-19-23-9-6-7-10-28(23)40-5-2/h6-7,9-18,20,34-35H,4-5,8,19,33H2,1-3H3,(H,36,39)/q+1. The highest BCUT2D eigenvalue weighted by atomic mass is 16.5. The molecular formula is C31H35BN6O2+. The van der Waals surface area contributed by atoms with E-state index in [2.05, 4.69) is 69.7 Å². The number of ether oxygens (including phenoxy) is 1. The molecule has 0 bridgehead atoms. The Labute approximate surface area is 236 Å². The molecule has 203 valence electrons. The summed E-state index contributed by atoms with van der Waals surface area (Å²) in [6.07, 6.45) is 7.92. The molecule has 0 aliphatic carbocycles. The normalized spacial score (nSPS) is 14.0. The van der Waals surface area contributed by atoms with E-state index in [4.69, 9.17) is 10.5 Å². The van der Waals surface area contributed by atoms with Crippen molar-refractivity contribution in [1.82, 2.24) is 9.79 Å². The number of para-hydroxylation sites is 1. The molecule has 9 heteroatoms. The minimum Gasteiger partial charge on any atom is -0.493 e. The minimum absolute atomic E-state index is 0.0943. The lowest BCUT2D eigenvalue weighted by molar-refractivity contribution is -0.315. The number of allylic oxidation sites excluding steroid dienone is 2. The molecular weight excluding hydrogens is 499 g/mol. The zero-order valence-corrected chi connectivity index (χ0v) is 23.2. The van der Waals surface area contributed by atoms with E-state index in [1.54, 1.807) is 0 Å². The summed E-state index contributed by atoms with van der Waals surface area (Å²) >= 11 is 0. The number of hydrogen-bond donors (Lipinski definition) is 4. The predicted molar refractivity (Wildman–Crippen MR) is 162 cm³/mol. The summed E-state index contributed by atoms with van der Waals surface area (Å²) in [7, 11) is 2.09. The highest BCUT2D eigenvalue weighted by Gasteiger charge is 2.34. The fourth-order valence-corrected chi connectivity index (χ4v) is 4.94. The number of fused-ring (bicyclic) bond motifs is 2. The second-order valence-electron chi connectivity index (χ2n) is 9.70. The van der Waals surface area contributed by atoms with E-state index >= 15 is 0 Å². The number of amidine groups is 1. The van der Waals surface area contributed by atoms with Gasteiger partial charge in [-0.15, -0.1) is 0 Å². The second kappa shape index (κ2) is 12.0. The van der Waals surface area contributed by atoms with Crippen LogP contribution in [0.5, 0.6) is 5.75 Å². The molecule has 0 spiro atoms. The van der Waals surface area contributed by atoms with Crippen molar-refractivity contribution < 1.29 is 14.0 Å². The van der Waals surface area contributed by atoms with E-state index in [9.17, 15) is 4.79 Å². The van der Waals surface area contributed by atoms with Gasteiger partial charge >= 0.3 is 7.55 Å². The number of carbonyl (C=O) groups excluding carboxylic acids is 1. The van der Waals surface area contributed by atoms with Crippen molar-refractivity contribution in [3.05, 3.63) is 107 Å². The number of carbonyl (C=O) groups is 1. The lowest BCUT2D eigenvalue weighted by Crippen LogP contribution is -2.37. The largest absolute Gasteiger partial charge is 0.553 e. The first-order chi connectivity index (χ1) is 19.5. The second-order valence-corrected chi connectivity index (χ2v) is 9.70. The number of amides is 1. The third-order valence-corrected chi connectivity index (χ3v) is 6.75. The Morgan fingerprint density at radius 3 is 2.62 bits per heavy atom. The molecule has 3 aromatic rings. The Hall–Kier alpha value is -4.66. The number of anilines is 2. The first kappa shape index (κ1) is 26.9. The third-order valence-electron chi connectivity index (χ3n) is 6.75. The molecule has 0 saturated carbocycles. The fourth-order valence-electron chi connectivity index (χ4n) is 4.94. The van der Waals surface area contributed by atoms with Crippen molar-refractivity contribution >= 4 is 36.4 Å². The van der Waals surface area contributed by atoms with Gasteiger partial charge in [-0.05, 0) is 55.3 Å². The SMILES string of the molecule is CCCC(N)=CNc1ccc2n1[B][N+]1=C(NCc3ccccc3OCC)C=CC1=C2c1ccc(NC(C)=O)cc1. The van der Waals surface area contributed by atoms with Gasteiger partial charge in [-0.1, -0.05) is 43.7 Å². The maximum atomic E-state index is 11.5. The van der Waals surface area contributed by atoms with E-state index in [0.717, 1.165) is 69.7 Å². The maximum Gasteiger partial charge on any atom is 0.553 e. The van der Waals surface area contributed by atoms with Crippen molar-refractivity contribution in [3.63, 3.8) is 0 Å². The Kier molecular flexibility index (Phi) is 8.10. The molecule has 3 heterocycles. The molecule has 0 saturated heterocycles. The van der Waals surface area contributed by atoms with Crippen LogP contribution in [0.2, 0.25) is 0 Å².